The number of aliphatic carboxylic acids is 1. The molecule has 0 bridgehead atoms. The Bertz CT molecular complexity index is 231. The molecule has 0 radical (unpaired) electrons. The molecule has 0 fully saturated rings. The van der Waals surface area contributed by atoms with Crippen LogP contribution in [-0.4, -0.2) is 34.0 Å². The zero-order valence-corrected chi connectivity index (χ0v) is 8.28. The van der Waals surface area contributed by atoms with Crippen molar-refractivity contribution in [3.63, 3.8) is 0 Å². The van der Waals surface area contributed by atoms with E-state index in [-0.39, 0.29) is 12.6 Å². The summed E-state index contributed by atoms with van der Waals surface area (Å²) in [4.78, 5) is 19.5. The third-order valence-electron chi connectivity index (χ3n) is 1.71. The second kappa shape index (κ2) is 4.72. The number of carboxylic acid groups (broad SMARTS) is 1. The number of hydrogen-bond acceptors (Lipinski definition) is 4. The van der Waals surface area contributed by atoms with Gasteiger partial charge in [0.2, 0.25) is 7.37 Å². The first-order chi connectivity index (χ1) is 5.77. The summed E-state index contributed by atoms with van der Waals surface area (Å²) in [5.41, 5.74) is 10.4. The quantitative estimate of drug-likeness (QED) is 0.447. The highest BCUT2D eigenvalue weighted by atomic mass is 31.2. The second-order valence-electron chi connectivity index (χ2n) is 2.95. The lowest BCUT2D eigenvalue weighted by Crippen LogP contribution is -2.31. The van der Waals surface area contributed by atoms with Gasteiger partial charge in [-0.25, -0.2) is 0 Å². The Kier molecular flexibility index (Phi) is 4.56. The van der Waals surface area contributed by atoms with Crippen LogP contribution in [0.5, 0.6) is 0 Å². The van der Waals surface area contributed by atoms with Crippen LogP contribution in [0.25, 0.3) is 0 Å². The summed E-state index contributed by atoms with van der Waals surface area (Å²) in [6.45, 7) is 1.41. The molecule has 0 aliphatic heterocycles. The van der Waals surface area contributed by atoms with Crippen LogP contribution in [-0.2, 0) is 9.36 Å². The molecule has 78 valence electrons. The van der Waals surface area contributed by atoms with Gasteiger partial charge in [0, 0.05) is 6.16 Å². The molecule has 0 amide bonds. The normalized spacial score (nSPS) is 20.3. The molecule has 13 heavy (non-hydrogen) atoms. The maximum atomic E-state index is 11.2. The molecule has 0 rings (SSSR count). The van der Waals surface area contributed by atoms with E-state index in [0.29, 0.717) is 0 Å². The van der Waals surface area contributed by atoms with Gasteiger partial charge in [-0.05, 0) is 13.3 Å². The van der Waals surface area contributed by atoms with Crippen LogP contribution in [0.15, 0.2) is 0 Å². The van der Waals surface area contributed by atoms with Crippen LogP contribution in [0, 0.1) is 0 Å². The van der Waals surface area contributed by atoms with Crippen molar-refractivity contribution in [2.75, 3.05) is 6.16 Å². The molecule has 0 saturated carbocycles. The van der Waals surface area contributed by atoms with Crippen molar-refractivity contribution in [3.05, 3.63) is 0 Å². The summed E-state index contributed by atoms with van der Waals surface area (Å²) in [5.74, 6) is -2.02. The Balaban J connectivity index is 4.03. The number of carbonyl (C=O) groups is 1. The first kappa shape index (κ1) is 12.6. The summed E-state index contributed by atoms with van der Waals surface area (Å²) in [6, 6.07) is -1.10. The molecule has 0 spiro atoms. The van der Waals surface area contributed by atoms with E-state index in [0.717, 1.165) is 0 Å². The lowest BCUT2D eigenvalue weighted by molar-refractivity contribution is -0.138. The van der Waals surface area contributed by atoms with Gasteiger partial charge < -0.3 is 21.5 Å². The minimum Gasteiger partial charge on any atom is -0.480 e. The summed E-state index contributed by atoms with van der Waals surface area (Å²) >= 11 is 0. The molecule has 3 atom stereocenters. The van der Waals surface area contributed by atoms with Gasteiger partial charge in [0.05, 0.1) is 5.78 Å². The molecule has 0 aromatic heterocycles. The van der Waals surface area contributed by atoms with Crippen molar-refractivity contribution < 1.29 is 19.4 Å². The fourth-order valence-electron chi connectivity index (χ4n) is 0.651. The summed E-state index contributed by atoms with van der Waals surface area (Å²) in [7, 11) is -3.42. The largest absolute Gasteiger partial charge is 0.480 e. The van der Waals surface area contributed by atoms with Gasteiger partial charge in [-0.3, -0.25) is 9.36 Å². The number of carboxylic acids is 1. The molecule has 0 aromatic rings. The average molecular weight is 210 g/mol. The van der Waals surface area contributed by atoms with Crippen LogP contribution in [0.1, 0.15) is 13.3 Å². The lowest BCUT2D eigenvalue weighted by Gasteiger charge is -2.15. The first-order valence-electron chi connectivity index (χ1n) is 3.83. The topological polar surface area (TPSA) is 127 Å². The molecule has 0 aliphatic rings. The Hall–Kier alpha value is -0.420. The SMILES string of the molecule is CC(N)P(=O)(O)CC[C@H](N)C(=O)O. The van der Waals surface area contributed by atoms with Gasteiger partial charge in [0.25, 0.3) is 0 Å². The van der Waals surface area contributed by atoms with Gasteiger partial charge in [-0.2, -0.15) is 0 Å². The maximum Gasteiger partial charge on any atom is 0.320 e. The van der Waals surface area contributed by atoms with Crippen molar-refractivity contribution >= 4 is 13.3 Å². The molecule has 6 nitrogen and oxygen atoms in total. The Morgan fingerprint density at radius 2 is 2.00 bits per heavy atom. The zero-order chi connectivity index (χ0) is 10.6. The average Bonchev–Trinajstić information content (AvgIpc) is 1.99. The van der Waals surface area contributed by atoms with Gasteiger partial charge in [0.1, 0.15) is 6.04 Å². The number of nitrogens with two attached hydrogens (primary N) is 2. The zero-order valence-electron chi connectivity index (χ0n) is 7.38. The van der Waals surface area contributed by atoms with Crippen molar-refractivity contribution in [2.45, 2.75) is 25.2 Å². The minimum absolute atomic E-state index is 0.0371. The van der Waals surface area contributed by atoms with Crippen molar-refractivity contribution in [1.82, 2.24) is 0 Å². The van der Waals surface area contributed by atoms with Gasteiger partial charge in [-0.1, -0.05) is 0 Å². The third kappa shape index (κ3) is 4.38. The van der Waals surface area contributed by atoms with Gasteiger partial charge >= 0.3 is 5.97 Å². The fraction of sp³-hybridized carbons (Fsp3) is 0.833. The third-order valence-corrected chi connectivity index (χ3v) is 3.89. The first-order valence-corrected chi connectivity index (χ1v) is 5.74. The highest BCUT2D eigenvalue weighted by Crippen LogP contribution is 2.44. The molecule has 0 heterocycles. The predicted molar refractivity (Wildman–Crippen MR) is 48.6 cm³/mol. The van der Waals surface area contributed by atoms with Gasteiger partial charge in [-0.15, -0.1) is 0 Å². The fourth-order valence-corrected chi connectivity index (χ4v) is 1.71. The van der Waals surface area contributed by atoms with Crippen molar-refractivity contribution in [2.24, 2.45) is 11.5 Å². The standard InChI is InChI=1S/C6H15N2O4P/c1-4(7)13(11,12)3-2-5(8)6(9)10/h4-5H,2-3,7-8H2,1H3,(H,9,10)(H,11,12)/t4?,5-/m0/s1. The maximum absolute atomic E-state index is 11.2. The lowest BCUT2D eigenvalue weighted by atomic mass is 10.2. The van der Waals surface area contributed by atoms with E-state index >= 15 is 0 Å². The Morgan fingerprint density at radius 3 is 2.31 bits per heavy atom. The van der Waals surface area contributed by atoms with Gasteiger partial charge in [0.15, 0.2) is 0 Å². The molecular weight excluding hydrogens is 195 g/mol. The van der Waals surface area contributed by atoms with Crippen LogP contribution in [0.3, 0.4) is 0 Å². The second-order valence-corrected chi connectivity index (χ2v) is 5.73. The van der Waals surface area contributed by atoms with E-state index in [1.165, 1.54) is 6.92 Å². The molecular formula is C6H15N2O4P. The van der Waals surface area contributed by atoms with Crippen molar-refractivity contribution in [3.8, 4) is 0 Å². The number of rotatable bonds is 5. The van der Waals surface area contributed by atoms with Crippen LogP contribution < -0.4 is 11.5 Å². The summed E-state index contributed by atoms with van der Waals surface area (Å²) in [5, 5.41) is 8.39. The Morgan fingerprint density at radius 1 is 1.54 bits per heavy atom. The molecule has 2 unspecified atom stereocenters. The van der Waals surface area contributed by atoms with E-state index in [1.54, 1.807) is 0 Å². The van der Waals surface area contributed by atoms with Crippen LogP contribution in [0.4, 0.5) is 0 Å². The molecule has 0 saturated heterocycles. The predicted octanol–water partition coefficient (Wildman–Crippen LogP) is -0.636. The van der Waals surface area contributed by atoms with E-state index in [1.807, 2.05) is 0 Å². The van der Waals surface area contributed by atoms with E-state index in [4.69, 9.17) is 16.6 Å². The summed E-state index contributed by atoms with van der Waals surface area (Å²) in [6.07, 6.45) is -0.192. The minimum atomic E-state index is -3.42. The van der Waals surface area contributed by atoms with E-state index < -0.39 is 25.2 Å². The summed E-state index contributed by atoms with van der Waals surface area (Å²) < 4.78 is 11.2. The van der Waals surface area contributed by atoms with Crippen molar-refractivity contribution in [1.29, 1.82) is 0 Å². The number of hydrogen-bond donors (Lipinski definition) is 4. The highest BCUT2D eigenvalue weighted by molar-refractivity contribution is 7.58. The smallest absolute Gasteiger partial charge is 0.320 e. The molecule has 0 aliphatic carbocycles. The van der Waals surface area contributed by atoms with Crippen LogP contribution >= 0.6 is 7.37 Å². The van der Waals surface area contributed by atoms with E-state index in [9.17, 15) is 14.3 Å². The van der Waals surface area contributed by atoms with E-state index in [2.05, 4.69) is 0 Å². The van der Waals surface area contributed by atoms with Crippen LogP contribution in [0.2, 0.25) is 0 Å². The molecule has 0 aromatic carbocycles. The highest BCUT2D eigenvalue weighted by Gasteiger charge is 2.25. The Labute approximate surface area is 76.4 Å². The monoisotopic (exact) mass is 210 g/mol. The molecule has 7 heteroatoms. The molecule has 6 N–H and O–H groups in total.